The largest absolute Gasteiger partial charge is 0.380 e. The first-order valence-electron chi connectivity index (χ1n) is 5.99. The fraction of sp³-hybridized carbons (Fsp3) is 0.538. The molecule has 1 aromatic rings. The number of rotatable bonds is 6. The Labute approximate surface area is 109 Å². The second-order valence-corrected chi connectivity index (χ2v) is 6.39. The van der Waals surface area contributed by atoms with Gasteiger partial charge in [-0.05, 0) is 30.5 Å². The molecular weight excluding hydrogens is 250 g/mol. The maximum absolute atomic E-state index is 12.0. The third-order valence-corrected chi connectivity index (χ3v) is 4.26. The summed E-state index contributed by atoms with van der Waals surface area (Å²) in [5.74, 6) is 0.392. The summed E-state index contributed by atoms with van der Waals surface area (Å²) in [5.41, 5.74) is 1.12. The molecule has 0 spiro atoms. The lowest BCUT2D eigenvalue weighted by molar-refractivity contribution is 0.122. The van der Waals surface area contributed by atoms with Crippen molar-refractivity contribution in [2.75, 3.05) is 13.7 Å². The predicted octanol–water partition coefficient (Wildman–Crippen LogP) is 2.12. The van der Waals surface area contributed by atoms with Crippen LogP contribution in [0.15, 0.2) is 29.2 Å². The SMILES string of the molecule is COC(C)CNS(=O)(=O)c1ccc(C(C)C)cc1. The molecule has 0 saturated carbocycles. The van der Waals surface area contributed by atoms with Crippen LogP contribution in [-0.4, -0.2) is 28.2 Å². The third kappa shape index (κ3) is 4.08. The van der Waals surface area contributed by atoms with Gasteiger partial charge in [0, 0.05) is 13.7 Å². The number of ether oxygens (including phenoxy) is 1. The normalized spacial score (nSPS) is 13.8. The summed E-state index contributed by atoms with van der Waals surface area (Å²) < 4.78 is 31.5. The lowest BCUT2D eigenvalue weighted by Gasteiger charge is -2.12. The number of hydrogen-bond donors (Lipinski definition) is 1. The van der Waals surface area contributed by atoms with Crippen LogP contribution < -0.4 is 4.72 Å². The predicted molar refractivity (Wildman–Crippen MR) is 72.2 cm³/mol. The fourth-order valence-corrected chi connectivity index (χ4v) is 2.54. The average Bonchev–Trinajstić information content (AvgIpc) is 2.36. The van der Waals surface area contributed by atoms with Gasteiger partial charge in [0.25, 0.3) is 0 Å². The summed E-state index contributed by atoms with van der Waals surface area (Å²) in [7, 11) is -1.89. The quantitative estimate of drug-likeness (QED) is 0.862. The molecule has 0 heterocycles. The first-order chi connectivity index (χ1) is 8.36. The van der Waals surface area contributed by atoms with Gasteiger partial charge in [0.15, 0.2) is 0 Å². The van der Waals surface area contributed by atoms with Gasteiger partial charge in [0.2, 0.25) is 10.0 Å². The van der Waals surface area contributed by atoms with E-state index in [0.717, 1.165) is 5.56 Å². The molecule has 1 atom stereocenters. The molecule has 1 unspecified atom stereocenters. The van der Waals surface area contributed by atoms with E-state index < -0.39 is 10.0 Å². The van der Waals surface area contributed by atoms with Crippen LogP contribution in [-0.2, 0) is 14.8 Å². The first-order valence-corrected chi connectivity index (χ1v) is 7.47. The molecule has 0 bridgehead atoms. The molecule has 0 aliphatic carbocycles. The molecule has 1 rings (SSSR count). The average molecular weight is 271 g/mol. The van der Waals surface area contributed by atoms with E-state index >= 15 is 0 Å². The van der Waals surface area contributed by atoms with Crippen molar-refractivity contribution in [3.63, 3.8) is 0 Å². The van der Waals surface area contributed by atoms with Crippen LogP contribution in [0.4, 0.5) is 0 Å². The van der Waals surface area contributed by atoms with Gasteiger partial charge in [-0.1, -0.05) is 26.0 Å². The highest BCUT2D eigenvalue weighted by atomic mass is 32.2. The van der Waals surface area contributed by atoms with Crippen molar-refractivity contribution in [1.82, 2.24) is 4.72 Å². The van der Waals surface area contributed by atoms with E-state index in [1.807, 2.05) is 19.1 Å². The Kier molecular flexibility index (Phi) is 5.31. The van der Waals surface area contributed by atoms with Gasteiger partial charge in [-0.2, -0.15) is 0 Å². The molecular formula is C13H21NO3S. The summed E-state index contributed by atoms with van der Waals surface area (Å²) in [6.07, 6.45) is -0.144. The topological polar surface area (TPSA) is 55.4 Å². The summed E-state index contributed by atoms with van der Waals surface area (Å²) in [6, 6.07) is 6.96. The molecule has 0 aliphatic rings. The number of nitrogens with one attached hydrogen (secondary N) is 1. The third-order valence-electron chi connectivity index (χ3n) is 2.82. The smallest absolute Gasteiger partial charge is 0.240 e. The van der Waals surface area contributed by atoms with Crippen LogP contribution in [0.1, 0.15) is 32.3 Å². The molecule has 5 heteroatoms. The van der Waals surface area contributed by atoms with Crippen molar-refractivity contribution in [3.05, 3.63) is 29.8 Å². The monoisotopic (exact) mass is 271 g/mol. The van der Waals surface area contributed by atoms with E-state index in [1.54, 1.807) is 19.2 Å². The van der Waals surface area contributed by atoms with E-state index in [1.165, 1.54) is 0 Å². The van der Waals surface area contributed by atoms with E-state index in [4.69, 9.17) is 4.74 Å². The second kappa shape index (κ2) is 6.31. The zero-order chi connectivity index (χ0) is 13.8. The van der Waals surface area contributed by atoms with Crippen molar-refractivity contribution in [1.29, 1.82) is 0 Å². The van der Waals surface area contributed by atoms with Gasteiger partial charge in [-0.25, -0.2) is 13.1 Å². The Morgan fingerprint density at radius 1 is 1.17 bits per heavy atom. The van der Waals surface area contributed by atoms with Crippen molar-refractivity contribution < 1.29 is 13.2 Å². The van der Waals surface area contributed by atoms with Crippen LogP contribution in [0, 0.1) is 0 Å². The van der Waals surface area contributed by atoms with Crippen molar-refractivity contribution >= 4 is 10.0 Å². The molecule has 1 N–H and O–H groups in total. The minimum atomic E-state index is -3.44. The van der Waals surface area contributed by atoms with Crippen LogP contribution in [0.2, 0.25) is 0 Å². The zero-order valence-electron chi connectivity index (χ0n) is 11.3. The Morgan fingerprint density at radius 3 is 2.17 bits per heavy atom. The highest BCUT2D eigenvalue weighted by Crippen LogP contribution is 2.17. The van der Waals surface area contributed by atoms with Gasteiger partial charge < -0.3 is 4.74 Å². The van der Waals surface area contributed by atoms with Crippen molar-refractivity contribution in [2.24, 2.45) is 0 Å². The molecule has 102 valence electrons. The molecule has 0 fully saturated rings. The Hall–Kier alpha value is -0.910. The number of methoxy groups -OCH3 is 1. The van der Waals surface area contributed by atoms with E-state index in [0.29, 0.717) is 5.92 Å². The van der Waals surface area contributed by atoms with Crippen LogP contribution in [0.5, 0.6) is 0 Å². The number of sulfonamides is 1. The standard InChI is InChI=1S/C13H21NO3S/c1-10(2)12-5-7-13(8-6-12)18(15,16)14-9-11(3)17-4/h5-8,10-11,14H,9H2,1-4H3. The fourth-order valence-electron chi connectivity index (χ4n) is 1.43. The molecule has 0 radical (unpaired) electrons. The zero-order valence-corrected chi connectivity index (χ0v) is 12.1. The van der Waals surface area contributed by atoms with Gasteiger partial charge in [-0.15, -0.1) is 0 Å². The molecule has 0 amide bonds. The summed E-state index contributed by atoms with van der Waals surface area (Å²) in [5, 5.41) is 0. The van der Waals surface area contributed by atoms with Crippen LogP contribution in [0.25, 0.3) is 0 Å². The lowest BCUT2D eigenvalue weighted by atomic mass is 10.0. The Morgan fingerprint density at radius 2 is 1.72 bits per heavy atom. The van der Waals surface area contributed by atoms with Gasteiger partial charge in [0.1, 0.15) is 0 Å². The molecule has 0 saturated heterocycles. The maximum atomic E-state index is 12.0. The Balaban J connectivity index is 2.79. The highest BCUT2D eigenvalue weighted by molar-refractivity contribution is 7.89. The summed E-state index contributed by atoms with van der Waals surface area (Å²) in [4.78, 5) is 0.287. The second-order valence-electron chi connectivity index (χ2n) is 4.62. The summed E-state index contributed by atoms with van der Waals surface area (Å²) in [6.45, 7) is 6.22. The van der Waals surface area contributed by atoms with Crippen molar-refractivity contribution in [3.8, 4) is 0 Å². The minimum absolute atomic E-state index is 0.144. The van der Waals surface area contributed by atoms with Crippen molar-refractivity contribution in [2.45, 2.75) is 37.7 Å². The van der Waals surface area contributed by atoms with E-state index in [-0.39, 0.29) is 17.5 Å². The Bertz CT molecular complexity index is 466. The maximum Gasteiger partial charge on any atom is 0.240 e. The minimum Gasteiger partial charge on any atom is -0.380 e. The highest BCUT2D eigenvalue weighted by Gasteiger charge is 2.15. The van der Waals surface area contributed by atoms with Gasteiger partial charge in [-0.3, -0.25) is 0 Å². The van der Waals surface area contributed by atoms with Gasteiger partial charge in [0.05, 0.1) is 11.0 Å². The van der Waals surface area contributed by atoms with Crippen LogP contribution in [0.3, 0.4) is 0 Å². The summed E-state index contributed by atoms with van der Waals surface area (Å²) >= 11 is 0. The number of benzene rings is 1. The lowest BCUT2D eigenvalue weighted by Crippen LogP contribution is -2.31. The van der Waals surface area contributed by atoms with Crippen LogP contribution >= 0.6 is 0 Å². The molecule has 18 heavy (non-hydrogen) atoms. The molecule has 4 nitrogen and oxygen atoms in total. The molecule has 1 aromatic carbocycles. The molecule has 0 aromatic heterocycles. The van der Waals surface area contributed by atoms with E-state index in [9.17, 15) is 8.42 Å². The molecule has 0 aliphatic heterocycles. The van der Waals surface area contributed by atoms with Gasteiger partial charge >= 0.3 is 0 Å². The first kappa shape index (κ1) is 15.1. The van der Waals surface area contributed by atoms with E-state index in [2.05, 4.69) is 18.6 Å². The number of hydrogen-bond acceptors (Lipinski definition) is 3.